The van der Waals surface area contributed by atoms with Crippen molar-refractivity contribution in [3.05, 3.63) is 30.1 Å². The second-order valence-electron chi connectivity index (χ2n) is 4.83. The molecule has 1 fully saturated rings. The monoisotopic (exact) mass is 235 g/mol. The molecular formula is C13H21N3O. The number of hydrogen-bond donors (Lipinski definition) is 2. The lowest BCUT2D eigenvalue weighted by Gasteiger charge is -2.23. The third kappa shape index (κ3) is 3.77. The Morgan fingerprint density at radius 1 is 1.59 bits per heavy atom. The zero-order valence-electron chi connectivity index (χ0n) is 10.3. The summed E-state index contributed by atoms with van der Waals surface area (Å²) in [5.41, 5.74) is 1.23. The minimum Gasteiger partial charge on any atom is -0.395 e. The number of aliphatic hydroxyl groups excluding tert-OH is 1. The highest BCUT2D eigenvalue weighted by molar-refractivity contribution is 5.08. The van der Waals surface area contributed by atoms with E-state index >= 15 is 0 Å². The molecule has 1 aliphatic rings. The van der Waals surface area contributed by atoms with E-state index in [0.717, 1.165) is 26.1 Å². The van der Waals surface area contributed by atoms with Crippen LogP contribution >= 0.6 is 0 Å². The molecule has 94 valence electrons. The van der Waals surface area contributed by atoms with Gasteiger partial charge in [-0.2, -0.15) is 0 Å². The molecule has 2 rings (SSSR count). The SMILES string of the molecule is CC1CCN(Cc2cccnc2)CC(CO)N1. The third-order valence-electron chi connectivity index (χ3n) is 3.23. The number of aromatic nitrogens is 1. The van der Waals surface area contributed by atoms with Crippen molar-refractivity contribution in [2.75, 3.05) is 19.7 Å². The van der Waals surface area contributed by atoms with Gasteiger partial charge in [-0.3, -0.25) is 9.88 Å². The van der Waals surface area contributed by atoms with Crippen LogP contribution < -0.4 is 5.32 Å². The summed E-state index contributed by atoms with van der Waals surface area (Å²) in [7, 11) is 0. The Balaban J connectivity index is 1.96. The van der Waals surface area contributed by atoms with Crippen LogP contribution in [0.4, 0.5) is 0 Å². The summed E-state index contributed by atoms with van der Waals surface area (Å²) in [5.74, 6) is 0. The fraction of sp³-hybridized carbons (Fsp3) is 0.615. The highest BCUT2D eigenvalue weighted by Crippen LogP contribution is 2.09. The van der Waals surface area contributed by atoms with Gasteiger partial charge in [0.1, 0.15) is 0 Å². The Morgan fingerprint density at radius 3 is 3.18 bits per heavy atom. The number of pyridine rings is 1. The van der Waals surface area contributed by atoms with Gasteiger partial charge in [0.05, 0.1) is 6.61 Å². The fourth-order valence-corrected chi connectivity index (χ4v) is 2.32. The fourth-order valence-electron chi connectivity index (χ4n) is 2.32. The van der Waals surface area contributed by atoms with E-state index in [1.54, 1.807) is 6.20 Å². The van der Waals surface area contributed by atoms with E-state index in [9.17, 15) is 5.11 Å². The van der Waals surface area contributed by atoms with E-state index in [4.69, 9.17) is 0 Å². The van der Waals surface area contributed by atoms with Crippen LogP contribution in [0.2, 0.25) is 0 Å². The smallest absolute Gasteiger partial charge is 0.0597 e. The van der Waals surface area contributed by atoms with Crippen LogP contribution in [0.3, 0.4) is 0 Å². The van der Waals surface area contributed by atoms with E-state index < -0.39 is 0 Å². The normalized spacial score (nSPS) is 26.7. The number of hydrogen-bond acceptors (Lipinski definition) is 4. The summed E-state index contributed by atoms with van der Waals surface area (Å²) in [6.07, 6.45) is 4.83. The molecule has 0 aromatic carbocycles. The van der Waals surface area contributed by atoms with Gasteiger partial charge >= 0.3 is 0 Å². The average Bonchev–Trinajstić information content (AvgIpc) is 2.53. The lowest BCUT2D eigenvalue weighted by atomic mass is 10.2. The second-order valence-corrected chi connectivity index (χ2v) is 4.83. The lowest BCUT2D eigenvalue weighted by Crippen LogP contribution is -2.42. The molecule has 0 aliphatic carbocycles. The van der Waals surface area contributed by atoms with Gasteiger partial charge in [0, 0.05) is 44.1 Å². The molecular weight excluding hydrogens is 214 g/mol. The third-order valence-corrected chi connectivity index (χ3v) is 3.23. The van der Waals surface area contributed by atoms with Crippen LogP contribution in [0.25, 0.3) is 0 Å². The minimum absolute atomic E-state index is 0.184. The number of nitrogens with one attached hydrogen (secondary N) is 1. The molecule has 2 atom stereocenters. The Kier molecular flexibility index (Phi) is 4.48. The summed E-state index contributed by atoms with van der Waals surface area (Å²) in [6.45, 7) is 5.26. The molecule has 4 heteroatoms. The van der Waals surface area contributed by atoms with E-state index in [0.29, 0.717) is 6.04 Å². The van der Waals surface area contributed by atoms with Crippen molar-refractivity contribution in [3.63, 3.8) is 0 Å². The Hall–Kier alpha value is -0.970. The van der Waals surface area contributed by atoms with E-state index in [1.807, 2.05) is 12.3 Å². The number of rotatable bonds is 3. The molecule has 1 aliphatic heterocycles. The molecule has 0 saturated carbocycles. The summed E-state index contributed by atoms with van der Waals surface area (Å²) in [4.78, 5) is 6.52. The molecule has 1 saturated heterocycles. The first-order chi connectivity index (χ1) is 8.28. The van der Waals surface area contributed by atoms with Crippen LogP contribution in [0.5, 0.6) is 0 Å². The van der Waals surface area contributed by atoms with Crippen LogP contribution in [0.15, 0.2) is 24.5 Å². The zero-order valence-corrected chi connectivity index (χ0v) is 10.3. The first kappa shape index (κ1) is 12.5. The van der Waals surface area contributed by atoms with Crippen molar-refractivity contribution in [1.82, 2.24) is 15.2 Å². The molecule has 4 nitrogen and oxygen atoms in total. The highest BCUT2D eigenvalue weighted by atomic mass is 16.3. The van der Waals surface area contributed by atoms with Gasteiger partial charge in [-0.1, -0.05) is 6.07 Å². The van der Waals surface area contributed by atoms with Crippen LogP contribution in [0.1, 0.15) is 18.9 Å². The van der Waals surface area contributed by atoms with Gasteiger partial charge in [0.15, 0.2) is 0 Å². The van der Waals surface area contributed by atoms with Crippen molar-refractivity contribution in [1.29, 1.82) is 0 Å². The van der Waals surface area contributed by atoms with Gasteiger partial charge in [-0.25, -0.2) is 0 Å². The topological polar surface area (TPSA) is 48.4 Å². The Morgan fingerprint density at radius 2 is 2.47 bits per heavy atom. The minimum atomic E-state index is 0.184. The Bertz CT molecular complexity index is 331. The lowest BCUT2D eigenvalue weighted by molar-refractivity contribution is 0.194. The van der Waals surface area contributed by atoms with E-state index in [-0.39, 0.29) is 12.6 Å². The van der Waals surface area contributed by atoms with Gasteiger partial charge in [0.2, 0.25) is 0 Å². The van der Waals surface area contributed by atoms with Crippen molar-refractivity contribution in [3.8, 4) is 0 Å². The maximum Gasteiger partial charge on any atom is 0.0597 e. The molecule has 0 radical (unpaired) electrons. The molecule has 0 spiro atoms. The maximum absolute atomic E-state index is 9.32. The van der Waals surface area contributed by atoms with Crippen LogP contribution in [0, 0.1) is 0 Å². The summed E-state index contributed by atoms with van der Waals surface area (Å²) < 4.78 is 0. The number of nitrogens with zero attached hydrogens (tertiary/aromatic N) is 2. The molecule has 0 bridgehead atoms. The van der Waals surface area contributed by atoms with Crippen LogP contribution in [-0.4, -0.2) is 46.8 Å². The highest BCUT2D eigenvalue weighted by Gasteiger charge is 2.20. The predicted octanol–water partition coefficient (Wildman–Crippen LogP) is 0.626. The predicted molar refractivity (Wildman–Crippen MR) is 67.6 cm³/mol. The first-order valence-corrected chi connectivity index (χ1v) is 6.26. The average molecular weight is 235 g/mol. The molecule has 17 heavy (non-hydrogen) atoms. The van der Waals surface area contributed by atoms with Crippen LogP contribution in [-0.2, 0) is 6.54 Å². The van der Waals surface area contributed by atoms with Gasteiger partial charge in [-0.15, -0.1) is 0 Å². The quantitative estimate of drug-likeness (QED) is 0.806. The van der Waals surface area contributed by atoms with E-state index in [2.05, 4.69) is 28.2 Å². The molecule has 2 N–H and O–H groups in total. The summed E-state index contributed by atoms with van der Waals surface area (Å²) in [5, 5.41) is 12.8. The van der Waals surface area contributed by atoms with Crippen molar-refractivity contribution in [2.45, 2.75) is 32.0 Å². The van der Waals surface area contributed by atoms with Gasteiger partial charge < -0.3 is 10.4 Å². The molecule has 2 heterocycles. The molecule has 1 aromatic rings. The largest absolute Gasteiger partial charge is 0.395 e. The standard InChI is InChI=1S/C13H21N3O/c1-11-4-6-16(9-13(10-17)15-11)8-12-3-2-5-14-7-12/h2-3,5,7,11,13,15,17H,4,6,8-10H2,1H3. The zero-order chi connectivity index (χ0) is 12.1. The molecule has 2 unspecified atom stereocenters. The van der Waals surface area contributed by atoms with Crippen molar-refractivity contribution < 1.29 is 5.11 Å². The Labute approximate surface area is 103 Å². The second kappa shape index (κ2) is 6.10. The van der Waals surface area contributed by atoms with Gasteiger partial charge in [-0.05, 0) is 25.0 Å². The van der Waals surface area contributed by atoms with Crippen molar-refractivity contribution >= 4 is 0 Å². The van der Waals surface area contributed by atoms with E-state index in [1.165, 1.54) is 5.56 Å². The molecule has 1 aromatic heterocycles. The maximum atomic E-state index is 9.32. The number of aliphatic hydroxyl groups is 1. The van der Waals surface area contributed by atoms with Gasteiger partial charge in [0.25, 0.3) is 0 Å². The first-order valence-electron chi connectivity index (χ1n) is 6.26. The summed E-state index contributed by atoms with van der Waals surface area (Å²) in [6, 6.07) is 4.73. The van der Waals surface area contributed by atoms with Crippen molar-refractivity contribution in [2.24, 2.45) is 0 Å². The molecule has 0 amide bonds. The summed E-state index contributed by atoms with van der Waals surface area (Å²) >= 11 is 0.